The summed E-state index contributed by atoms with van der Waals surface area (Å²) >= 11 is 0. The van der Waals surface area contributed by atoms with E-state index in [9.17, 15) is 4.79 Å². The number of carbonyl (C=O) groups excluding carboxylic acids is 1. The lowest BCUT2D eigenvalue weighted by atomic mass is 9.99. The average molecular weight is 236 g/mol. The van der Waals surface area contributed by atoms with Crippen molar-refractivity contribution in [1.82, 2.24) is 20.4 Å². The first-order chi connectivity index (χ1) is 8.13. The molecule has 0 fully saturated rings. The van der Waals surface area contributed by atoms with Crippen LogP contribution in [0.2, 0.25) is 0 Å². The van der Waals surface area contributed by atoms with Crippen molar-refractivity contribution in [2.75, 3.05) is 20.1 Å². The fraction of sp³-hybridized carbons (Fsp3) is 0.667. The van der Waals surface area contributed by atoms with Gasteiger partial charge < -0.3 is 10.2 Å². The third kappa shape index (κ3) is 2.34. The van der Waals surface area contributed by atoms with Crippen LogP contribution in [0.3, 0.4) is 0 Å². The largest absolute Gasteiger partial charge is 0.337 e. The molecule has 1 aromatic rings. The molecule has 0 aliphatic carbocycles. The fourth-order valence-corrected chi connectivity index (χ4v) is 2.27. The Kier molecular flexibility index (Phi) is 3.47. The fourth-order valence-electron chi connectivity index (χ4n) is 2.27. The Labute approximate surface area is 102 Å². The molecule has 1 aliphatic heterocycles. The van der Waals surface area contributed by atoms with Crippen LogP contribution in [0.4, 0.5) is 0 Å². The standard InChI is InChI=1S/C12H20N4O/c1-8(2)12-9-7-16(11(17)6-13-3)5-4-10(9)14-15-12/h8,13H,4-7H2,1-3H3,(H,14,15). The summed E-state index contributed by atoms with van der Waals surface area (Å²) in [6.45, 7) is 6.15. The summed E-state index contributed by atoms with van der Waals surface area (Å²) in [5.41, 5.74) is 3.51. The van der Waals surface area contributed by atoms with Gasteiger partial charge in [0.1, 0.15) is 0 Å². The highest BCUT2D eigenvalue weighted by molar-refractivity contribution is 5.78. The van der Waals surface area contributed by atoms with Crippen molar-refractivity contribution < 1.29 is 4.79 Å². The quantitative estimate of drug-likeness (QED) is 0.809. The minimum atomic E-state index is 0.161. The van der Waals surface area contributed by atoms with Gasteiger partial charge in [0.05, 0.1) is 12.2 Å². The number of H-pyrrole nitrogens is 1. The van der Waals surface area contributed by atoms with Gasteiger partial charge >= 0.3 is 0 Å². The van der Waals surface area contributed by atoms with E-state index >= 15 is 0 Å². The van der Waals surface area contributed by atoms with E-state index < -0.39 is 0 Å². The molecule has 1 amide bonds. The van der Waals surface area contributed by atoms with Gasteiger partial charge in [0.15, 0.2) is 0 Å². The van der Waals surface area contributed by atoms with E-state index in [1.165, 1.54) is 11.3 Å². The highest BCUT2D eigenvalue weighted by Crippen LogP contribution is 2.25. The number of hydrogen-bond donors (Lipinski definition) is 2. The second-order valence-electron chi connectivity index (χ2n) is 4.82. The van der Waals surface area contributed by atoms with Crippen molar-refractivity contribution in [3.63, 3.8) is 0 Å². The Morgan fingerprint density at radius 3 is 3.00 bits per heavy atom. The van der Waals surface area contributed by atoms with Gasteiger partial charge in [-0.2, -0.15) is 5.10 Å². The van der Waals surface area contributed by atoms with Crippen LogP contribution in [0.15, 0.2) is 0 Å². The summed E-state index contributed by atoms with van der Waals surface area (Å²) in [6, 6.07) is 0. The highest BCUT2D eigenvalue weighted by Gasteiger charge is 2.25. The summed E-state index contributed by atoms with van der Waals surface area (Å²) < 4.78 is 0. The number of nitrogens with zero attached hydrogens (tertiary/aromatic N) is 2. The number of fused-ring (bicyclic) bond motifs is 1. The summed E-state index contributed by atoms with van der Waals surface area (Å²) in [6.07, 6.45) is 0.879. The van der Waals surface area contributed by atoms with E-state index in [0.29, 0.717) is 19.0 Å². The zero-order chi connectivity index (χ0) is 12.4. The topological polar surface area (TPSA) is 61.0 Å². The van der Waals surface area contributed by atoms with Crippen molar-refractivity contribution >= 4 is 5.91 Å². The Balaban J connectivity index is 2.16. The second-order valence-corrected chi connectivity index (χ2v) is 4.82. The maximum Gasteiger partial charge on any atom is 0.236 e. The molecule has 5 nitrogen and oxygen atoms in total. The van der Waals surface area contributed by atoms with E-state index in [1.807, 2.05) is 4.90 Å². The molecule has 5 heteroatoms. The lowest BCUT2D eigenvalue weighted by Crippen LogP contribution is -2.40. The lowest BCUT2D eigenvalue weighted by Gasteiger charge is -2.27. The van der Waals surface area contributed by atoms with E-state index in [-0.39, 0.29) is 5.91 Å². The molecular formula is C12H20N4O. The number of nitrogens with one attached hydrogen (secondary N) is 2. The number of hydrogen-bond acceptors (Lipinski definition) is 3. The molecule has 17 heavy (non-hydrogen) atoms. The Hall–Kier alpha value is -1.36. The summed E-state index contributed by atoms with van der Waals surface area (Å²) in [7, 11) is 1.80. The van der Waals surface area contributed by atoms with E-state index in [0.717, 1.165) is 18.7 Å². The summed E-state index contributed by atoms with van der Waals surface area (Å²) in [4.78, 5) is 13.7. The molecule has 0 spiro atoms. The zero-order valence-corrected chi connectivity index (χ0v) is 10.7. The maximum atomic E-state index is 11.8. The number of likely N-dealkylation sites (N-methyl/N-ethyl adjacent to an activating group) is 1. The van der Waals surface area contributed by atoms with Gasteiger partial charge in [0.25, 0.3) is 0 Å². The molecule has 0 bridgehead atoms. The Bertz CT molecular complexity index is 411. The third-order valence-corrected chi connectivity index (χ3v) is 3.19. The van der Waals surface area contributed by atoms with Gasteiger partial charge in [-0.25, -0.2) is 0 Å². The molecular weight excluding hydrogens is 216 g/mol. The van der Waals surface area contributed by atoms with Gasteiger partial charge in [0, 0.05) is 30.8 Å². The molecule has 2 heterocycles. The predicted molar refractivity (Wildman–Crippen MR) is 65.7 cm³/mol. The van der Waals surface area contributed by atoms with Crippen LogP contribution in [0.5, 0.6) is 0 Å². The van der Waals surface area contributed by atoms with Crippen molar-refractivity contribution in [2.24, 2.45) is 0 Å². The lowest BCUT2D eigenvalue weighted by molar-refractivity contribution is -0.131. The average Bonchev–Trinajstić information content (AvgIpc) is 2.71. The van der Waals surface area contributed by atoms with Gasteiger partial charge in [-0.1, -0.05) is 13.8 Å². The Morgan fingerprint density at radius 1 is 1.59 bits per heavy atom. The maximum absolute atomic E-state index is 11.8. The molecule has 94 valence electrons. The van der Waals surface area contributed by atoms with Gasteiger partial charge in [0.2, 0.25) is 5.91 Å². The SMILES string of the molecule is CNCC(=O)N1CCc2[nH]nc(C(C)C)c2C1. The smallest absolute Gasteiger partial charge is 0.236 e. The number of carbonyl (C=O) groups is 1. The van der Waals surface area contributed by atoms with Gasteiger partial charge in [-0.15, -0.1) is 0 Å². The van der Waals surface area contributed by atoms with Crippen LogP contribution in [0.25, 0.3) is 0 Å². The minimum absolute atomic E-state index is 0.161. The molecule has 2 rings (SSSR count). The predicted octanol–water partition coefficient (Wildman–Crippen LogP) is 0.637. The van der Waals surface area contributed by atoms with Crippen molar-refractivity contribution in [2.45, 2.75) is 32.7 Å². The van der Waals surface area contributed by atoms with Crippen molar-refractivity contribution in [3.05, 3.63) is 17.0 Å². The number of aromatic amines is 1. The number of rotatable bonds is 3. The summed E-state index contributed by atoms with van der Waals surface area (Å²) in [5.74, 6) is 0.559. The van der Waals surface area contributed by atoms with Crippen LogP contribution in [-0.4, -0.2) is 41.1 Å². The van der Waals surface area contributed by atoms with Crippen LogP contribution in [0.1, 0.15) is 36.7 Å². The van der Waals surface area contributed by atoms with Gasteiger partial charge in [-0.05, 0) is 13.0 Å². The van der Waals surface area contributed by atoms with E-state index in [1.54, 1.807) is 7.05 Å². The number of amides is 1. The molecule has 2 N–H and O–H groups in total. The third-order valence-electron chi connectivity index (χ3n) is 3.19. The van der Waals surface area contributed by atoms with Crippen LogP contribution < -0.4 is 5.32 Å². The molecule has 0 saturated heterocycles. The van der Waals surface area contributed by atoms with Crippen LogP contribution >= 0.6 is 0 Å². The van der Waals surface area contributed by atoms with E-state index in [2.05, 4.69) is 29.4 Å². The first-order valence-electron chi connectivity index (χ1n) is 6.11. The molecule has 0 saturated carbocycles. The normalized spacial score (nSPS) is 15.2. The van der Waals surface area contributed by atoms with E-state index in [4.69, 9.17) is 0 Å². The Morgan fingerprint density at radius 2 is 2.35 bits per heavy atom. The number of aromatic nitrogens is 2. The second kappa shape index (κ2) is 4.87. The van der Waals surface area contributed by atoms with Crippen molar-refractivity contribution in [1.29, 1.82) is 0 Å². The monoisotopic (exact) mass is 236 g/mol. The first kappa shape index (κ1) is 12.1. The zero-order valence-electron chi connectivity index (χ0n) is 10.7. The first-order valence-corrected chi connectivity index (χ1v) is 6.11. The van der Waals surface area contributed by atoms with Crippen molar-refractivity contribution in [3.8, 4) is 0 Å². The molecule has 0 aromatic carbocycles. The van der Waals surface area contributed by atoms with Gasteiger partial charge in [-0.3, -0.25) is 9.89 Å². The highest BCUT2D eigenvalue weighted by atomic mass is 16.2. The molecule has 0 unspecified atom stereocenters. The molecule has 1 aromatic heterocycles. The molecule has 0 atom stereocenters. The summed E-state index contributed by atoms with van der Waals surface area (Å²) in [5, 5.41) is 10.4. The molecule has 1 aliphatic rings. The van der Waals surface area contributed by atoms with Crippen LogP contribution in [-0.2, 0) is 17.8 Å². The van der Waals surface area contributed by atoms with Crippen LogP contribution in [0, 0.1) is 0 Å². The molecule has 0 radical (unpaired) electrons. The minimum Gasteiger partial charge on any atom is -0.337 e.